The zero-order valence-corrected chi connectivity index (χ0v) is 12.8. The van der Waals surface area contributed by atoms with Crippen molar-refractivity contribution in [3.05, 3.63) is 44.8 Å². The van der Waals surface area contributed by atoms with Gasteiger partial charge in [-0.2, -0.15) is 0 Å². The number of nitrogens with zero attached hydrogens (tertiary/aromatic N) is 1. The summed E-state index contributed by atoms with van der Waals surface area (Å²) in [5.74, 6) is 0.847. The quantitative estimate of drug-likeness (QED) is 0.878. The molecule has 0 aromatic carbocycles. The molecule has 2 nitrogen and oxygen atoms in total. The Labute approximate surface area is 120 Å². The first kappa shape index (κ1) is 12.5. The van der Waals surface area contributed by atoms with Crippen molar-refractivity contribution in [3.63, 3.8) is 0 Å². The van der Waals surface area contributed by atoms with Gasteiger partial charge in [-0.1, -0.05) is 0 Å². The zero-order valence-electron chi connectivity index (χ0n) is 10.4. The van der Waals surface area contributed by atoms with Crippen LogP contribution in [0.25, 0.3) is 0 Å². The van der Waals surface area contributed by atoms with Crippen LogP contribution in [-0.2, 0) is 6.54 Å². The maximum atomic E-state index is 3.59. The van der Waals surface area contributed by atoms with Crippen molar-refractivity contribution in [1.29, 1.82) is 0 Å². The lowest BCUT2D eigenvalue weighted by atomic mass is 10.1. The number of aromatic nitrogens is 1. The Morgan fingerprint density at radius 3 is 2.94 bits per heavy atom. The topological polar surface area (TPSA) is 17.0 Å². The van der Waals surface area contributed by atoms with Crippen molar-refractivity contribution < 1.29 is 0 Å². The number of hydrogen-bond acceptors (Lipinski definition) is 2. The molecule has 0 aliphatic heterocycles. The van der Waals surface area contributed by atoms with Crippen molar-refractivity contribution in [3.8, 4) is 0 Å². The Bertz CT molecular complexity index is 527. The van der Waals surface area contributed by atoms with E-state index in [2.05, 4.69) is 62.8 Å². The molecule has 1 aliphatic carbocycles. The second-order valence-corrected chi connectivity index (χ2v) is 6.77. The van der Waals surface area contributed by atoms with Crippen LogP contribution in [0, 0.1) is 5.92 Å². The van der Waals surface area contributed by atoms with Crippen LogP contribution in [-0.4, -0.2) is 11.6 Å². The molecule has 0 radical (unpaired) electrons. The van der Waals surface area contributed by atoms with Crippen molar-refractivity contribution >= 4 is 27.3 Å². The van der Waals surface area contributed by atoms with E-state index in [0.717, 1.165) is 12.5 Å². The van der Waals surface area contributed by atoms with Gasteiger partial charge in [-0.3, -0.25) is 0 Å². The Kier molecular flexibility index (Phi) is 3.59. The summed E-state index contributed by atoms with van der Waals surface area (Å²) in [6.07, 6.45) is 7.21. The first-order valence-corrected chi connectivity index (χ1v) is 8.00. The predicted octanol–water partition coefficient (Wildman–Crippen LogP) is 4.03. The third kappa shape index (κ3) is 2.56. The summed E-state index contributed by atoms with van der Waals surface area (Å²) in [4.78, 5) is 1.38. The maximum Gasteiger partial charge on any atom is 0.0574 e. The van der Waals surface area contributed by atoms with E-state index in [4.69, 9.17) is 0 Å². The van der Waals surface area contributed by atoms with E-state index in [9.17, 15) is 0 Å². The first-order valence-electron chi connectivity index (χ1n) is 6.32. The van der Waals surface area contributed by atoms with Gasteiger partial charge in [0.25, 0.3) is 0 Å². The minimum atomic E-state index is 0.540. The van der Waals surface area contributed by atoms with Crippen LogP contribution in [0.4, 0.5) is 0 Å². The number of rotatable bonds is 5. The van der Waals surface area contributed by atoms with E-state index in [0.29, 0.717) is 6.04 Å². The third-order valence-corrected chi connectivity index (χ3v) is 5.47. The third-order valence-electron chi connectivity index (χ3n) is 3.55. The Morgan fingerprint density at radius 2 is 2.33 bits per heavy atom. The molecule has 2 heterocycles. The highest BCUT2D eigenvalue weighted by atomic mass is 79.9. The molecule has 0 amide bonds. The van der Waals surface area contributed by atoms with Gasteiger partial charge < -0.3 is 9.88 Å². The standard InChI is InChI=1S/C14H17BrN2S/c1-16-14(10-2-3-10)11-4-6-17(8-11)9-13-12(15)5-7-18-13/h4-8,10,14,16H,2-3,9H2,1H3. The molecule has 1 aliphatic rings. The van der Waals surface area contributed by atoms with E-state index >= 15 is 0 Å². The van der Waals surface area contributed by atoms with Crippen molar-refractivity contribution in [2.45, 2.75) is 25.4 Å². The van der Waals surface area contributed by atoms with Crippen molar-refractivity contribution in [2.75, 3.05) is 7.05 Å². The number of halogens is 1. The first-order chi connectivity index (χ1) is 8.78. The van der Waals surface area contributed by atoms with Crippen LogP contribution in [0.5, 0.6) is 0 Å². The smallest absolute Gasteiger partial charge is 0.0574 e. The van der Waals surface area contributed by atoms with E-state index < -0.39 is 0 Å². The molecule has 2 aromatic rings. The molecule has 1 atom stereocenters. The van der Waals surface area contributed by atoms with Gasteiger partial charge in [0.2, 0.25) is 0 Å². The average Bonchev–Trinajstić information content (AvgIpc) is 2.96. The monoisotopic (exact) mass is 324 g/mol. The maximum absolute atomic E-state index is 3.59. The molecule has 1 N–H and O–H groups in total. The van der Waals surface area contributed by atoms with Gasteiger partial charge >= 0.3 is 0 Å². The number of hydrogen-bond donors (Lipinski definition) is 1. The van der Waals surface area contributed by atoms with Crippen molar-refractivity contribution in [1.82, 2.24) is 9.88 Å². The van der Waals surface area contributed by atoms with Gasteiger partial charge in [0.05, 0.1) is 6.54 Å². The summed E-state index contributed by atoms with van der Waals surface area (Å²) in [6, 6.07) is 4.91. The van der Waals surface area contributed by atoms with Crippen LogP contribution >= 0.6 is 27.3 Å². The minimum Gasteiger partial charge on any atom is -0.349 e. The number of nitrogens with one attached hydrogen (secondary N) is 1. The van der Waals surface area contributed by atoms with E-state index in [1.807, 2.05) is 0 Å². The molecule has 0 spiro atoms. The molecule has 0 bridgehead atoms. The fraction of sp³-hybridized carbons (Fsp3) is 0.429. The molecule has 2 aromatic heterocycles. The number of thiophene rings is 1. The summed E-state index contributed by atoms with van der Waals surface area (Å²) in [6.45, 7) is 0.958. The highest BCUT2D eigenvalue weighted by Crippen LogP contribution is 2.40. The highest BCUT2D eigenvalue weighted by molar-refractivity contribution is 9.10. The van der Waals surface area contributed by atoms with Gasteiger partial charge in [-0.05, 0) is 64.8 Å². The summed E-state index contributed by atoms with van der Waals surface area (Å²) in [5.41, 5.74) is 1.42. The molecule has 18 heavy (non-hydrogen) atoms. The Hall–Kier alpha value is -0.580. The summed E-state index contributed by atoms with van der Waals surface area (Å²) in [5, 5.41) is 5.57. The van der Waals surface area contributed by atoms with E-state index in [1.165, 1.54) is 27.8 Å². The van der Waals surface area contributed by atoms with Crippen molar-refractivity contribution in [2.24, 2.45) is 5.92 Å². The van der Waals surface area contributed by atoms with Gasteiger partial charge in [-0.15, -0.1) is 11.3 Å². The van der Waals surface area contributed by atoms with Crippen LogP contribution in [0.15, 0.2) is 34.4 Å². The van der Waals surface area contributed by atoms with Gasteiger partial charge in [-0.25, -0.2) is 0 Å². The lowest BCUT2D eigenvalue weighted by Gasteiger charge is -2.13. The molecule has 96 valence electrons. The zero-order chi connectivity index (χ0) is 12.5. The van der Waals surface area contributed by atoms with Gasteiger partial charge in [0, 0.05) is 27.8 Å². The van der Waals surface area contributed by atoms with Crippen LogP contribution in [0.1, 0.15) is 29.3 Å². The normalized spacial score (nSPS) is 17.0. The molecular formula is C14H17BrN2S. The van der Waals surface area contributed by atoms with Crippen LogP contribution in [0.2, 0.25) is 0 Å². The SMILES string of the molecule is CNC(c1ccn(Cc2sccc2Br)c1)C1CC1. The minimum absolute atomic E-state index is 0.540. The van der Waals surface area contributed by atoms with Gasteiger partial charge in [0.15, 0.2) is 0 Å². The molecule has 4 heteroatoms. The Balaban J connectivity index is 1.75. The lowest BCUT2D eigenvalue weighted by molar-refractivity contribution is 0.528. The largest absolute Gasteiger partial charge is 0.349 e. The molecule has 1 saturated carbocycles. The van der Waals surface area contributed by atoms with E-state index in [-0.39, 0.29) is 0 Å². The molecule has 1 unspecified atom stereocenters. The summed E-state index contributed by atoms with van der Waals surface area (Å²) in [7, 11) is 2.07. The molecule has 3 rings (SSSR count). The second-order valence-electron chi connectivity index (χ2n) is 4.91. The summed E-state index contributed by atoms with van der Waals surface area (Å²) < 4.78 is 3.49. The van der Waals surface area contributed by atoms with E-state index in [1.54, 1.807) is 11.3 Å². The molecule has 1 fully saturated rings. The fourth-order valence-corrected chi connectivity index (χ4v) is 3.94. The average molecular weight is 325 g/mol. The summed E-state index contributed by atoms with van der Waals surface area (Å²) >= 11 is 5.39. The fourth-order valence-electron chi connectivity index (χ4n) is 2.45. The van der Waals surface area contributed by atoms with Crippen LogP contribution in [0.3, 0.4) is 0 Å². The molecular weight excluding hydrogens is 308 g/mol. The highest BCUT2D eigenvalue weighted by Gasteiger charge is 2.31. The lowest BCUT2D eigenvalue weighted by Crippen LogP contribution is -2.17. The van der Waals surface area contributed by atoms with Gasteiger partial charge in [0.1, 0.15) is 0 Å². The molecule has 0 saturated heterocycles. The predicted molar refractivity (Wildman–Crippen MR) is 80.1 cm³/mol. The second kappa shape index (κ2) is 5.19. The van der Waals surface area contributed by atoms with Crippen LogP contribution < -0.4 is 5.32 Å². The Morgan fingerprint density at radius 1 is 1.50 bits per heavy atom.